The summed E-state index contributed by atoms with van der Waals surface area (Å²) in [4.78, 5) is 15.3. The molecule has 1 heterocycles. The molecule has 3 nitrogen and oxygen atoms in total. The van der Waals surface area contributed by atoms with Crippen LogP contribution in [0.3, 0.4) is 0 Å². The number of ether oxygens (including phenoxy) is 1. The van der Waals surface area contributed by atoms with Crippen LogP contribution >= 0.6 is 0 Å². The Morgan fingerprint density at radius 3 is 2.83 bits per heavy atom. The lowest BCUT2D eigenvalue weighted by molar-refractivity contribution is -0.137. The molecule has 4 rings (SSSR count). The van der Waals surface area contributed by atoms with E-state index in [9.17, 15) is 4.79 Å². The molecule has 3 heteroatoms. The van der Waals surface area contributed by atoms with Crippen molar-refractivity contribution in [2.45, 2.75) is 44.6 Å². The van der Waals surface area contributed by atoms with Crippen LogP contribution in [0.1, 0.15) is 37.8 Å². The molecule has 1 aromatic rings. The first-order chi connectivity index (χ1) is 11.0. The first kappa shape index (κ1) is 15.2. The number of fused-ring (bicyclic) bond motifs is 1. The molecule has 23 heavy (non-hydrogen) atoms. The van der Waals surface area contributed by atoms with Gasteiger partial charge in [0.15, 0.2) is 0 Å². The summed E-state index contributed by atoms with van der Waals surface area (Å²) < 4.78 is 5.49. The lowest BCUT2D eigenvalue weighted by Gasteiger charge is -2.61. The number of nitrogens with zero attached hydrogens (tertiary/aromatic N) is 1. The van der Waals surface area contributed by atoms with E-state index in [4.69, 9.17) is 4.74 Å². The summed E-state index contributed by atoms with van der Waals surface area (Å²) in [5, 5.41) is 0. The largest absolute Gasteiger partial charge is 0.497 e. The summed E-state index contributed by atoms with van der Waals surface area (Å²) in [6, 6.07) is 7.09. The topological polar surface area (TPSA) is 29.5 Å². The Hall–Kier alpha value is -1.35. The lowest BCUT2D eigenvalue weighted by Crippen LogP contribution is -2.64. The van der Waals surface area contributed by atoms with Crippen LogP contribution in [0, 0.1) is 17.8 Å². The molecule has 0 N–H and O–H groups in total. The van der Waals surface area contributed by atoms with Crippen LogP contribution in [0.25, 0.3) is 0 Å². The van der Waals surface area contributed by atoms with Gasteiger partial charge < -0.3 is 9.64 Å². The number of Topliss-reactive ketones (excluding diaryl/α,β-unsaturated/α-hetero) is 1. The average molecular weight is 313 g/mol. The molecule has 1 aromatic carbocycles. The van der Waals surface area contributed by atoms with Gasteiger partial charge in [0.25, 0.3) is 0 Å². The average Bonchev–Trinajstić information content (AvgIpc) is 2.55. The third-order valence-electron chi connectivity index (χ3n) is 7.16. The maximum atomic E-state index is 12.8. The Labute approximate surface area is 139 Å². The molecule has 1 saturated carbocycles. The van der Waals surface area contributed by atoms with Crippen molar-refractivity contribution in [1.82, 2.24) is 4.90 Å². The molecule has 2 aliphatic carbocycles. The molecule has 3 aliphatic rings. The number of piperidine rings is 1. The molecule has 0 aromatic heterocycles. The van der Waals surface area contributed by atoms with Crippen LogP contribution in [0.5, 0.6) is 5.75 Å². The van der Waals surface area contributed by atoms with E-state index >= 15 is 0 Å². The van der Waals surface area contributed by atoms with Crippen LogP contribution in [-0.2, 0) is 16.6 Å². The number of benzene rings is 1. The van der Waals surface area contributed by atoms with Crippen molar-refractivity contribution in [3.63, 3.8) is 0 Å². The van der Waals surface area contributed by atoms with E-state index in [1.54, 1.807) is 7.11 Å². The number of likely N-dealkylation sites (N-methyl/N-ethyl adjacent to an activating group) is 1. The molecular formula is C20H27NO2. The van der Waals surface area contributed by atoms with Crippen molar-refractivity contribution in [2.75, 3.05) is 20.7 Å². The van der Waals surface area contributed by atoms with Crippen LogP contribution < -0.4 is 4.74 Å². The number of rotatable bonds is 1. The highest BCUT2D eigenvalue weighted by molar-refractivity contribution is 5.84. The molecule has 2 unspecified atom stereocenters. The predicted molar refractivity (Wildman–Crippen MR) is 90.9 cm³/mol. The zero-order valence-electron chi connectivity index (χ0n) is 14.6. The smallest absolute Gasteiger partial charge is 0.136 e. The van der Waals surface area contributed by atoms with Gasteiger partial charge in [0, 0.05) is 23.8 Å². The Bertz CT molecular complexity index is 655. The van der Waals surface area contributed by atoms with Crippen molar-refractivity contribution in [3.05, 3.63) is 29.3 Å². The first-order valence-electron chi connectivity index (χ1n) is 8.88. The summed E-state index contributed by atoms with van der Waals surface area (Å²) >= 11 is 0. The minimum atomic E-state index is 0.0301. The predicted octanol–water partition coefficient (Wildman–Crippen LogP) is 3.05. The van der Waals surface area contributed by atoms with E-state index in [1.165, 1.54) is 11.1 Å². The summed E-state index contributed by atoms with van der Waals surface area (Å²) in [5.74, 6) is 2.59. The van der Waals surface area contributed by atoms with E-state index in [2.05, 4.69) is 44.0 Å². The maximum Gasteiger partial charge on any atom is 0.136 e. The Balaban J connectivity index is 1.92. The van der Waals surface area contributed by atoms with E-state index in [-0.39, 0.29) is 11.3 Å². The quantitative estimate of drug-likeness (QED) is 0.798. The summed E-state index contributed by atoms with van der Waals surface area (Å²) in [6.45, 7) is 5.53. The van der Waals surface area contributed by atoms with Crippen LogP contribution in [-0.4, -0.2) is 37.4 Å². The fourth-order valence-electron chi connectivity index (χ4n) is 5.73. The number of methoxy groups -OCH3 is 1. The van der Waals surface area contributed by atoms with E-state index < -0.39 is 0 Å². The summed E-state index contributed by atoms with van der Waals surface area (Å²) in [7, 11) is 3.99. The first-order valence-corrected chi connectivity index (χ1v) is 8.88. The standard InChI is InChI=1S/C20H27NO2/c1-12-13(2)19-17-9-14-5-6-15(23-4)10-16(14)20(19,11-18(12)22)7-8-21(17)3/h5-6,10,12-13,17,19H,7-9,11H2,1-4H3/t12?,13?,17-,19+,20-/m1/s1. The number of hydrogen-bond acceptors (Lipinski definition) is 3. The number of likely N-dealkylation sites (tertiary alicyclic amines) is 1. The molecule has 0 spiro atoms. The van der Waals surface area contributed by atoms with Gasteiger partial charge in [0.05, 0.1) is 7.11 Å². The van der Waals surface area contributed by atoms with Crippen molar-refractivity contribution in [3.8, 4) is 5.75 Å². The van der Waals surface area contributed by atoms with Gasteiger partial charge in [-0.25, -0.2) is 0 Å². The van der Waals surface area contributed by atoms with Crippen molar-refractivity contribution in [1.29, 1.82) is 0 Å². The Kier molecular flexibility index (Phi) is 3.35. The molecule has 5 atom stereocenters. The molecule has 1 aliphatic heterocycles. The SMILES string of the molecule is COc1ccc2c(c1)[C@]13CCN(C)[C@H](C2)[C@@H]1C(C)C(C)C(=O)C3. The number of carbonyl (C=O) groups excluding carboxylic acids is 1. The highest BCUT2D eigenvalue weighted by Crippen LogP contribution is 2.58. The van der Waals surface area contributed by atoms with Gasteiger partial charge in [-0.05, 0) is 61.5 Å². The molecular weight excluding hydrogens is 286 g/mol. The van der Waals surface area contributed by atoms with Gasteiger partial charge in [-0.1, -0.05) is 19.9 Å². The fourth-order valence-corrected chi connectivity index (χ4v) is 5.73. The lowest BCUT2D eigenvalue weighted by atomic mass is 9.48. The van der Waals surface area contributed by atoms with Gasteiger partial charge in [-0.15, -0.1) is 0 Å². The monoisotopic (exact) mass is 313 g/mol. The van der Waals surface area contributed by atoms with E-state index in [1.807, 2.05) is 0 Å². The van der Waals surface area contributed by atoms with Gasteiger partial charge >= 0.3 is 0 Å². The van der Waals surface area contributed by atoms with Crippen LogP contribution in [0.2, 0.25) is 0 Å². The molecule has 2 bridgehead atoms. The fraction of sp³-hybridized carbons (Fsp3) is 0.650. The second-order valence-electron chi connectivity index (χ2n) is 8.00. The summed E-state index contributed by atoms with van der Waals surface area (Å²) in [5.41, 5.74) is 2.86. The van der Waals surface area contributed by atoms with Crippen molar-refractivity contribution >= 4 is 5.78 Å². The highest BCUT2D eigenvalue weighted by Gasteiger charge is 2.58. The zero-order chi connectivity index (χ0) is 16.4. The second kappa shape index (κ2) is 5.07. The Morgan fingerprint density at radius 1 is 1.30 bits per heavy atom. The molecule has 0 amide bonds. The van der Waals surface area contributed by atoms with Gasteiger partial charge in [0.2, 0.25) is 0 Å². The minimum absolute atomic E-state index is 0.0301. The Morgan fingerprint density at radius 2 is 2.09 bits per heavy atom. The number of hydrogen-bond donors (Lipinski definition) is 0. The number of ketones is 1. The van der Waals surface area contributed by atoms with E-state index in [0.717, 1.165) is 25.1 Å². The normalized spacial score (nSPS) is 39.6. The third kappa shape index (κ3) is 1.95. The molecule has 2 fully saturated rings. The maximum absolute atomic E-state index is 12.8. The zero-order valence-corrected chi connectivity index (χ0v) is 14.6. The van der Waals surface area contributed by atoms with Crippen molar-refractivity contribution in [2.24, 2.45) is 17.8 Å². The number of carbonyl (C=O) groups is 1. The summed E-state index contributed by atoms with van der Waals surface area (Å²) in [6.07, 6.45) is 2.91. The molecule has 0 radical (unpaired) electrons. The minimum Gasteiger partial charge on any atom is -0.497 e. The van der Waals surface area contributed by atoms with Crippen LogP contribution in [0.15, 0.2) is 18.2 Å². The molecule has 124 valence electrons. The molecule has 1 saturated heterocycles. The van der Waals surface area contributed by atoms with E-state index in [0.29, 0.717) is 30.1 Å². The van der Waals surface area contributed by atoms with Crippen LogP contribution in [0.4, 0.5) is 0 Å². The highest BCUT2D eigenvalue weighted by atomic mass is 16.5. The second-order valence-corrected chi connectivity index (χ2v) is 8.00. The van der Waals surface area contributed by atoms with Gasteiger partial charge in [-0.3, -0.25) is 4.79 Å². The van der Waals surface area contributed by atoms with Gasteiger partial charge in [0.1, 0.15) is 11.5 Å². The van der Waals surface area contributed by atoms with Gasteiger partial charge in [-0.2, -0.15) is 0 Å². The van der Waals surface area contributed by atoms with Crippen molar-refractivity contribution < 1.29 is 9.53 Å². The third-order valence-corrected chi connectivity index (χ3v) is 7.16.